The van der Waals surface area contributed by atoms with Crippen LogP contribution in [0.3, 0.4) is 0 Å². The van der Waals surface area contributed by atoms with Gasteiger partial charge in [0.15, 0.2) is 0 Å². The fourth-order valence-electron chi connectivity index (χ4n) is 1.88. The van der Waals surface area contributed by atoms with Gasteiger partial charge in [-0.1, -0.05) is 11.8 Å². The number of methoxy groups -OCH3 is 1. The molecule has 0 heterocycles. The van der Waals surface area contributed by atoms with E-state index in [1.54, 1.807) is 50.2 Å². The first kappa shape index (κ1) is 23.1. The number of carboxylic acids is 1. The fourth-order valence-corrected chi connectivity index (χ4v) is 1.88. The standard InChI is InChI=1S/C12H12O3.C11H10O3/c1-3-4-9-15-11-7-5-10(6-8-11)12(13)14-2;1-2-3-8-14-10-6-4-9(5-7-10)11(12)13/h5-8H,9H2,1-2H3;4-7H,8H2,1H3,(H,12,13). The number of carbonyl (C=O) groups is 2. The minimum Gasteiger partial charge on any atom is -0.481 e. The highest BCUT2D eigenvalue weighted by molar-refractivity contribution is 5.89. The van der Waals surface area contributed by atoms with E-state index >= 15 is 0 Å². The van der Waals surface area contributed by atoms with Crippen LogP contribution in [0.15, 0.2) is 48.5 Å². The Kier molecular flexibility index (Phi) is 10.6. The van der Waals surface area contributed by atoms with Gasteiger partial charge in [-0.25, -0.2) is 9.59 Å². The van der Waals surface area contributed by atoms with E-state index in [0.717, 1.165) is 0 Å². The molecule has 6 nitrogen and oxygen atoms in total. The van der Waals surface area contributed by atoms with E-state index in [4.69, 9.17) is 14.6 Å². The maximum atomic E-state index is 11.1. The Bertz CT molecular complexity index is 906. The molecule has 0 aromatic heterocycles. The second-order valence-corrected chi connectivity index (χ2v) is 5.28. The quantitative estimate of drug-likeness (QED) is 0.595. The summed E-state index contributed by atoms with van der Waals surface area (Å²) in [5.74, 6) is 11.0. The third-order valence-electron chi connectivity index (χ3n) is 3.35. The summed E-state index contributed by atoms with van der Waals surface area (Å²) in [4.78, 5) is 21.6. The van der Waals surface area contributed by atoms with E-state index in [2.05, 4.69) is 28.4 Å². The molecular formula is C23H22O6. The van der Waals surface area contributed by atoms with Crippen LogP contribution in [-0.4, -0.2) is 37.4 Å². The zero-order chi connectivity index (χ0) is 21.5. The SMILES string of the molecule is CC#CCOc1ccc(C(=O)O)cc1.CC#CCOc1ccc(C(=O)OC)cc1. The molecule has 29 heavy (non-hydrogen) atoms. The first-order valence-corrected chi connectivity index (χ1v) is 8.58. The predicted molar refractivity (Wildman–Crippen MR) is 109 cm³/mol. The Balaban J connectivity index is 0.000000291. The van der Waals surface area contributed by atoms with Gasteiger partial charge in [0, 0.05) is 0 Å². The van der Waals surface area contributed by atoms with Crippen LogP contribution in [0.1, 0.15) is 34.6 Å². The number of ether oxygens (including phenoxy) is 3. The number of rotatable bonds is 6. The number of hydrogen-bond donors (Lipinski definition) is 1. The minimum absolute atomic E-state index is 0.249. The third-order valence-corrected chi connectivity index (χ3v) is 3.35. The number of carboxylic acid groups (broad SMARTS) is 1. The summed E-state index contributed by atoms with van der Waals surface area (Å²) < 4.78 is 15.1. The predicted octanol–water partition coefficient (Wildman–Crippen LogP) is 3.66. The zero-order valence-electron chi connectivity index (χ0n) is 16.5. The molecule has 0 aliphatic heterocycles. The maximum absolute atomic E-state index is 11.1. The number of esters is 1. The molecule has 2 rings (SSSR count). The Labute approximate surface area is 170 Å². The van der Waals surface area contributed by atoms with Gasteiger partial charge < -0.3 is 19.3 Å². The van der Waals surface area contributed by atoms with Gasteiger partial charge in [0.05, 0.1) is 18.2 Å². The van der Waals surface area contributed by atoms with Crippen molar-refractivity contribution in [2.75, 3.05) is 20.3 Å². The van der Waals surface area contributed by atoms with Crippen molar-refractivity contribution in [3.05, 3.63) is 59.7 Å². The van der Waals surface area contributed by atoms with E-state index < -0.39 is 5.97 Å². The molecule has 0 spiro atoms. The normalized spacial score (nSPS) is 8.66. The van der Waals surface area contributed by atoms with Crippen molar-refractivity contribution in [2.45, 2.75) is 13.8 Å². The lowest BCUT2D eigenvalue weighted by Crippen LogP contribution is -2.01. The monoisotopic (exact) mass is 394 g/mol. The van der Waals surface area contributed by atoms with Crippen molar-refractivity contribution in [3.63, 3.8) is 0 Å². The molecule has 2 aromatic carbocycles. The lowest BCUT2D eigenvalue weighted by atomic mass is 10.2. The molecule has 0 amide bonds. The summed E-state index contributed by atoms with van der Waals surface area (Å²) in [6, 6.07) is 12.9. The summed E-state index contributed by atoms with van der Waals surface area (Å²) in [6.07, 6.45) is 0. The summed E-state index contributed by atoms with van der Waals surface area (Å²) in [5, 5.41) is 8.63. The molecule has 0 aliphatic carbocycles. The Morgan fingerprint density at radius 2 is 1.21 bits per heavy atom. The van der Waals surface area contributed by atoms with Crippen LogP contribution in [0.25, 0.3) is 0 Å². The van der Waals surface area contributed by atoms with Gasteiger partial charge in [0.2, 0.25) is 0 Å². The highest BCUT2D eigenvalue weighted by Crippen LogP contribution is 2.13. The third kappa shape index (κ3) is 9.03. The van der Waals surface area contributed by atoms with Crippen LogP contribution >= 0.6 is 0 Å². The maximum Gasteiger partial charge on any atom is 0.337 e. The molecule has 0 radical (unpaired) electrons. The van der Waals surface area contributed by atoms with Crippen molar-refractivity contribution in [1.29, 1.82) is 0 Å². The summed E-state index contributed by atoms with van der Waals surface area (Å²) in [6.45, 7) is 4.16. The second-order valence-electron chi connectivity index (χ2n) is 5.28. The average molecular weight is 394 g/mol. The molecular weight excluding hydrogens is 372 g/mol. The first-order chi connectivity index (χ1) is 14.0. The Morgan fingerprint density at radius 1 is 0.793 bits per heavy atom. The molecule has 0 unspecified atom stereocenters. The Morgan fingerprint density at radius 3 is 1.55 bits per heavy atom. The van der Waals surface area contributed by atoms with E-state index in [0.29, 0.717) is 30.3 Å². The van der Waals surface area contributed by atoms with Gasteiger partial charge in [0.25, 0.3) is 0 Å². The van der Waals surface area contributed by atoms with Crippen LogP contribution in [0.2, 0.25) is 0 Å². The van der Waals surface area contributed by atoms with Gasteiger partial charge in [-0.15, -0.1) is 11.8 Å². The van der Waals surface area contributed by atoms with Crippen molar-refractivity contribution in [3.8, 4) is 35.2 Å². The summed E-state index contributed by atoms with van der Waals surface area (Å²) in [7, 11) is 1.35. The molecule has 0 bridgehead atoms. The van der Waals surface area contributed by atoms with Gasteiger partial charge in [-0.05, 0) is 62.4 Å². The van der Waals surface area contributed by atoms with E-state index in [1.165, 1.54) is 19.2 Å². The minimum atomic E-state index is -0.940. The average Bonchev–Trinajstić information content (AvgIpc) is 2.75. The van der Waals surface area contributed by atoms with Gasteiger partial charge in [0.1, 0.15) is 24.7 Å². The van der Waals surface area contributed by atoms with Crippen LogP contribution in [-0.2, 0) is 4.74 Å². The molecule has 0 saturated carbocycles. The van der Waals surface area contributed by atoms with Crippen LogP contribution in [0, 0.1) is 23.7 Å². The number of carbonyl (C=O) groups excluding carboxylic acids is 1. The smallest absolute Gasteiger partial charge is 0.337 e. The lowest BCUT2D eigenvalue weighted by Gasteiger charge is -2.02. The van der Waals surface area contributed by atoms with Crippen molar-refractivity contribution >= 4 is 11.9 Å². The van der Waals surface area contributed by atoms with Crippen molar-refractivity contribution in [1.82, 2.24) is 0 Å². The van der Waals surface area contributed by atoms with Crippen LogP contribution in [0.4, 0.5) is 0 Å². The summed E-state index contributed by atoms with van der Waals surface area (Å²) >= 11 is 0. The Hall–Kier alpha value is -3.90. The van der Waals surface area contributed by atoms with Gasteiger partial charge in [-0.2, -0.15) is 0 Å². The van der Waals surface area contributed by atoms with Crippen LogP contribution < -0.4 is 9.47 Å². The zero-order valence-corrected chi connectivity index (χ0v) is 16.5. The second kappa shape index (κ2) is 13.3. The summed E-state index contributed by atoms with van der Waals surface area (Å²) in [5.41, 5.74) is 0.755. The lowest BCUT2D eigenvalue weighted by molar-refractivity contribution is 0.0599. The topological polar surface area (TPSA) is 82.1 Å². The molecule has 1 N–H and O–H groups in total. The van der Waals surface area contributed by atoms with Gasteiger partial charge in [-0.3, -0.25) is 0 Å². The highest BCUT2D eigenvalue weighted by Gasteiger charge is 2.04. The fraction of sp³-hybridized carbons (Fsp3) is 0.217. The highest BCUT2D eigenvalue weighted by atomic mass is 16.5. The number of hydrogen-bond acceptors (Lipinski definition) is 5. The molecule has 2 aromatic rings. The molecule has 0 saturated heterocycles. The molecule has 0 fully saturated rings. The van der Waals surface area contributed by atoms with E-state index in [-0.39, 0.29) is 11.5 Å². The number of aromatic carboxylic acids is 1. The van der Waals surface area contributed by atoms with Crippen molar-refractivity contribution in [2.24, 2.45) is 0 Å². The van der Waals surface area contributed by atoms with E-state index in [9.17, 15) is 9.59 Å². The molecule has 150 valence electrons. The molecule has 6 heteroatoms. The molecule has 0 atom stereocenters. The van der Waals surface area contributed by atoms with Crippen molar-refractivity contribution < 1.29 is 28.9 Å². The molecule has 0 aliphatic rings. The van der Waals surface area contributed by atoms with Crippen LogP contribution in [0.5, 0.6) is 11.5 Å². The number of benzene rings is 2. The largest absolute Gasteiger partial charge is 0.481 e. The van der Waals surface area contributed by atoms with Gasteiger partial charge >= 0.3 is 11.9 Å². The first-order valence-electron chi connectivity index (χ1n) is 8.58. The van der Waals surface area contributed by atoms with E-state index in [1.807, 2.05) is 0 Å².